The number of anilines is 1. The lowest BCUT2D eigenvalue weighted by Crippen LogP contribution is -2.21. The standard InChI is InChI=1S/C23H26N2O5/c1-4-29-20-10-17(11-21(12-20)30-14-19(26)9-15(2)3)22(23(27)28)25-18-7-5-16(13-24)6-8-18/h5-8,10-12,15,22,25H,4,9,14H2,1-3H3,(H,27,28)/t22-/m1/s1. The number of carboxylic acids is 1. The Balaban J connectivity index is 2.27. The molecular weight excluding hydrogens is 384 g/mol. The molecule has 0 spiro atoms. The highest BCUT2D eigenvalue weighted by Gasteiger charge is 2.22. The molecule has 0 saturated heterocycles. The number of Topliss-reactive ketones (excluding diaryl/α,β-unsaturated/α-hetero) is 1. The number of aliphatic carboxylic acids is 1. The van der Waals surface area contributed by atoms with Gasteiger partial charge in [0.1, 0.15) is 18.1 Å². The van der Waals surface area contributed by atoms with E-state index in [1.54, 1.807) is 42.5 Å². The van der Waals surface area contributed by atoms with E-state index in [9.17, 15) is 14.7 Å². The predicted molar refractivity (Wildman–Crippen MR) is 113 cm³/mol. The lowest BCUT2D eigenvalue weighted by Gasteiger charge is -2.19. The third-order valence-corrected chi connectivity index (χ3v) is 4.15. The number of nitrogens with zero attached hydrogens (tertiary/aromatic N) is 1. The van der Waals surface area contributed by atoms with Crippen LogP contribution < -0.4 is 14.8 Å². The number of ether oxygens (including phenoxy) is 2. The second-order valence-corrected chi connectivity index (χ2v) is 7.20. The zero-order chi connectivity index (χ0) is 22.1. The summed E-state index contributed by atoms with van der Waals surface area (Å²) in [6.45, 7) is 6.04. The molecule has 158 valence electrons. The molecule has 0 fully saturated rings. The first-order chi connectivity index (χ1) is 14.3. The van der Waals surface area contributed by atoms with Crippen LogP contribution in [0, 0.1) is 17.2 Å². The molecule has 2 rings (SSSR count). The molecule has 0 amide bonds. The average molecular weight is 410 g/mol. The van der Waals surface area contributed by atoms with Gasteiger partial charge in [-0.25, -0.2) is 4.79 Å². The summed E-state index contributed by atoms with van der Waals surface area (Å²) in [6, 6.07) is 12.3. The number of nitriles is 1. The Hall–Kier alpha value is -3.53. The van der Waals surface area contributed by atoms with Gasteiger partial charge in [0.2, 0.25) is 0 Å². The van der Waals surface area contributed by atoms with Crippen molar-refractivity contribution in [2.24, 2.45) is 5.92 Å². The molecule has 0 bridgehead atoms. The monoisotopic (exact) mass is 410 g/mol. The molecule has 0 saturated carbocycles. The van der Waals surface area contributed by atoms with E-state index in [2.05, 4.69) is 5.32 Å². The maximum Gasteiger partial charge on any atom is 0.330 e. The summed E-state index contributed by atoms with van der Waals surface area (Å²) >= 11 is 0. The molecule has 0 aromatic heterocycles. The van der Waals surface area contributed by atoms with Crippen molar-refractivity contribution in [3.63, 3.8) is 0 Å². The first-order valence-electron chi connectivity index (χ1n) is 9.74. The quantitative estimate of drug-likeness (QED) is 0.572. The van der Waals surface area contributed by atoms with Gasteiger partial charge in [-0.1, -0.05) is 13.8 Å². The lowest BCUT2D eigenvalue weighted by atomic mass is 10.1. The van der Waals surface area contributed by atoms with Crippen molar-refractivity contribution in [3.8, 4) is 17.6 Å². The van der Waals surface area contributed by atoms with E-state index in [0.29, 0.717) is 41.3 Å². The smallest absolute Gasteiger partial charge is 0.330 e. The van der Waals surface area contributed by atoms with Crippen LogP contribution in [0.3, 0.4) is 0 Å². The van der Waals surface area contributed by atoms with E-state index in [1.807, 2.05) is 26.8 Å². The van der Waals surface area contributed by atoms with Crippen molar-refractivity contribution in [1.82, 2.24) is 0 Å². The topological polar surface area (TPSA) is 109 Å². The van der Waals surface area contributed by atoms with E-state index in [4.69, 9.17) is 14.7 Å². The summed E-state index contributed by atoms with van der Waals surface area (Å²) in [6.07, 6.45) is 0.413. The van der Waals surface area contributed by atoms with Gasteiger partial charge in [-0.05, 0) is 54.8 Å². The van der Waals surface area contributed by atoms with Gasteiger partial charge in [-0.15, -0.1) is 0 Å². The number of carbonyl (C=O) groups is 2. The summed E-state index contributed by atoms with van der Waals surface area (Å²) < 4.78 is 11.2. The number of benzene rings is 2. The van der Waals surface area contributed by atoms with Crippen LogP contribution in [0.1, 0.15) is 44.4 Å². The molecule has 0 radical (unpaired) electrons. The van der Waals surface area contributed by atoms with E-state index < -0.39 is 12.0 Å². The van der Waals surface area contributed by atoms with Crippen LogP contribution in [0.25, 0.3) is 0 Å². The van der Waals surface area contributed by atoms with Gasteiger partial charge in [0.25, 0.3) is 0 Å². The van der Waals surface area contributed by atoms with E-state index in [1.165, 1.54) is 0 Å². The number of ketones is 1. The van der Waals surface area contributed by atoms with Gasteiger partial charge in [-0.2, -0.15) is 5.26 Å². The van der Waals surface area contributed by atoms with Gasteiger partial charge in [0, 0.05) is 18.2 Å². The molecule has 30 heavy (non-hydrogen) atoms. The highest BCUT2D eigenvalue weighted by atomic mass is 16.5. The highest BCUT2D eigenvalue weighted by Crippen LogP contribution is 2.29. The van der Waals surface area contributed by atoms with Gasteiger partial charge < -0.3 is 19.9 Å². The first kappa shape index (κ1) is 22.8. The molecule has 0 heterocycles. The molecule has 2 N–H and O–H groups in total. The predicted octanol–water partition coefficient (Wildman–Crippen LogP) is 4.19. The van der Waals surface area contributed by atoms with Gasteiger partial charge in [0.05, 0.1) is 18.2 Å². The van der Waals surface area contributed by atoms with Crippen molar-refractivity contribution in [2.75, 3.05) is 18.5 Å². The second kappa shape index (κ2) is 10.9. The molecule has 7 nitrogen and oxygen atoms in total. The first-order valence-corrected chi connectivity index (χ1v) is 9.74. The van der Waals surface area contributed by atoms with Crippen LogP contribution in [0.5, 0.6) is 11.5 Å². The summed E-state index contributed by atoms with van der Waals surface area (Å²) in [5.41, 5.74) is 1.45. The van der Waals surface area contributed by atoms with E-state index in [-0.39, 0.29) is 18.3 Å². The number of rotatable bonds is 11. The molecule has 2 aromatic rings. The number of nitrogens with one attached hydrogen (secondary N) is 1. The largest absolute Gasteiger partial charge is 0.494 e. The number of carboxylic acid groups (broad SMARTS) is 1. The molecule has 1 atom stereocenters. The minimum Gasteiger partial charge on any atom is -0.494 e. The molecule has 0 aliphatic heterocycles. The van der Waals surface area contributed by atoms with Gasteiger partial charge in [-0.3, -0.25) is 4.79 Å². The zero-order valence-corrected chi connectivity index (χ0v) is 17.3. The lowest BCUT2D eigenvalue weighted by molar-refractivity contribution is -0.138. The van der Waals surface area contributed by atoms with Crippen LogP contribution in [-0.4, -0.2) is 30.1 Å². The van der Waals surface area contributed by atoms with Crippen LogP contribution in [0.4, 0.5) is 5.69 Å². The van der Waals surface area contributed by atoms with Gasteiger partial charge >= 0.3 is 5.97 Å². The number of hydrogen-bond donors (Lipinski definition) is 2. The Bertz CT molecular complexity index is 916. The average Bonchev–Trinajstić information content (AvgIpc) is 2.70. The molecule has 7 heteroatoms. The Morgan fingerprint density at radius 3 is 2.27 bits per heavy atom. The minimum absolute atomic E-state index is 0.0288. The zero-order valence-electron chi connectivity index (χ0n) is 17.3. The van der Waals surface area contributed by atoms with Crippen molar-refractivity contribution < 1.29 is 24.2 Å². The maximum absolute atomic E-state index is 12.0. The van der Waals surface area contributed by atoms with Crippen LogP contribution in [0.15, 0.2) is 42.5 Å². The van der Waals surface area contributed by atoms with E-state index >= 15 is 0 Å². The fraction of sp³-hybridized carbons (Fsp3) is 0.348. The molecular formula is C23H26N2O5. The maximum atomic E-state index is 12.0. The van der Waals surface area contributed by atoms with Crippen LogP contribution in [-0.2, 0) is 9.59 Å². The van der Waals surface area contributed by atoms with Crippen LogP contribution >= 0.6 is 0 Å². The minimum atomic E-state index is -1.09. The molecule has 0 aliphatic rings. The Kier molecular flexibility index (Phi) is 8.24. The summed E-state index contributed by atoms with van der Waals surface area (Å²) in [4.78, 5) is 23.9. The van der Waals surface area contributed by atoms with Crippen molar-refractivity contribution >= 4 is 17.4 Å². The molecule has 2 aromatic carbocycles. The van der Waals surface area contributed by atoms with Crippen molar-refractivity contribution in [1.29, 1.82) is 5.26 Å². The molecule has 0 aliphatic carbocycles. The SMILES string of the molecule is CCOc1cc(OCC(=O)CC(C)C)cc([C@@H](Nc2ccc(C#N)cc2)C(=O)O)c1. The Labute approximate surface area is 176 Å². The van der Waals surface area contributed by atoms with E-state index in [0.717, 1.165) is 0 Å². The normalized spacial score (nSPS) is 11.4. The highest BCUT2D eigenvalue weighted by molar-refractivity contribution is 5.81. The Morgan fingerprint density at radius 1 is 1.10 bits per heavy atom. The summed E-state index contributed by atoms with van der Waals surface area (Å²) in [5.74, 6) is -0.0664. The van der Waals surface area contributed by atoms with Gasteiger partial charge in [0.15, 0.2) is 11.8 Å². The van der Waals surface area contributed by atoms with Crippen molar-refractivity contribution in [3.05, 3.63) is 53.6 Å². The number of hydrogen-bond acceptors (Lipinski definition) is 6. The summed E-state index contributed by atoms with van der Waals surface area (Å²) in [5, 5.41) is 21.6. The van der Waals surface area contributed by atoms with Crippen LogP contribution in [0.2, 0.25) is 0 Å². The number of carbonyl (C=O) groups excluding carboxylic acids is 1. The summed E-state index contributed by atoms with van der Waals surface area (Å²) in [7, 11) is 0. The van der Waals surface area contributed by atoms with Crippen molar-refractivity contribution in [2.45, 2.75) is 33.2 Å². The fourth-order valence-corrected chi connectivity index (χ4v) is 2.87. The fourth-order valence-electron chi connectivity index (χ4n) is 2.87. The Morgan fingerprint density at radius 2 is 1.73 bits per heavy atom. The third kappa shape index (κ3) is 6.82. The molecule has 0 unspecified atom stereocenters. The third-order valence-electron chi connectivity index (χ3n) is 4.15. The second-order valence-electron chi connectivity index (χ2n) is 7.20.